The van der Waals surface area contributed by atoms with Crippen molar-refractivity contribution >= 4 is 34.6 Å². The monoisotopic (exact) mass is 374 g/mol. The number of aryl methyl sites for hydroxylation is 1. The number of ether oxygens (including phenoxy) is 1. The second-order valence-corrected chi connectivity index (χ2v) is 7.35. The highest BCUT2D eigenvalue weighted by molar-refractivity contribution is 7.80. The molecule has 0 amide bonds. The highest BCUT2D eigenvalue weighted by Crippen LogP contribution is 2.40. The van der Waals surface area contributed by atoms with E-state index in [0.717, 1.165) is 18.5 Å². The molecule has 2 aromatic carbocycles. The predicted octanol–water partition coefficient (Wildman–Crippen LogP) is 5.41. The molecular formula is C20H23ClN2OS. The number of halogens is 1. The minimum absolute atomic E-state index is 0.0916. The number of hydrogen-bond acceptors (Lipinski definition) is 2. The second-order valence-electron chi connectivity index (χ2n) is 6.53. The number of nitrogens with one attached hydrogen (secondary N) is 2. The summed E-state index contributed by atoms with van der Waals surface area (Å²) in [6.45, 7) is 2.16. The van der Waals surface area contributed by atoms with Crippen LogP contribution < -0.4 is 15.4 Å². The molecule has 5 heteroatoms. The summed E-state index contributed by atoms with van der Waals surface area (Å²) in [6.07, 6.45) is 4.59. The van der Waals surface area contributed by atoms with Gasteiger partial charge in [0, 0.05) is 5.69 Å². The molecule has 0 atom stereocenters. The molecule has 0 heterocycles. The van der Waals surface area contributed by atoms with Crippen LogP contribution in [-0.2, 0) is 5.54 Å². The molecule has 2 N–H and O–H groups in total. The van der Waals surface area contributed by atoms with Gasteiger partial charge >= 0.3 is 0 Å². The van der Waals surface area contributed by atoms with Crippen LogP contribution >= 0.6 is 23.8 Å². The third-order valence-electron chi connectivity index (χ3n) is 4.88. The first kappa shape index (κ1) is 18.0. The molecule has 0 unspecified atom stereocenters. The van der Waals surface area contributed by atoms with E-state index in [-0.39, 0.29) is 5.54 Å². The maximum absolute atomic E-state index is 6.20. The van der Waals surface area contributed by atoms with Gasteiger partial charge in [-0.1, -0.05) is 48.7 Å². The van der Waals surface area contributed by atoms with Crippen molar-refractivity contribution in [2.24, 2.45) is 0 Å². The molecule has 0 aliphatic heterocycles. The molecule has 1 aliphatic rings. The normalized spacial score (nSPS) is 15.6. The predicted molar refractivity (Wildman–Crippen MR) is 109 cm³/mol. The van der Waals surface area contributed by atoms with Crippen molar-refractivity contribution in [2.75, 3.05) is 12.4 Å². The maximum atomic E-state index is 6.20. The summed E-state index contributed by atoms with van der Waals surface area (Å²) in [7, 11) is 1.60. The van der Waals surface area contributed by atoms with Gasteiger partial charge in [0.1, 0.15) is 5.75 Å². The van der Waals surface area contributed by atoms with E-state index < -0.39 is 0 Å². The maximum Gasteiger partial charge on any atom is 0.171 e. The Hall–Kier alpha value is -1.78. The van der Waals surface area contributed by atoms with Crippen molar-refractivity contribution < 1.29 is 4.74 Å². The van der Waals surface area contributed by atoms with E-state index in [9.17, 15) is 0 Å². The zero-order chi connectivity index (χ0) is 17.9. The highest BCUT2D eigenvalue weighted by atomic mass is 35.5. The van der Waals surface area contributed by atoms with Crippen molar-refractivity contribution in [2.45, 2.75) is 38.1 Å². The van der Waals surface area contributed by atoms with E-state index in [1.807, 2.05) is 18.2 Å². The smallest absolute Gasteiger partial charge is 0.171 e. The summed E-state index contributed by atoms with van der Waals surface area (Å²) in [6, 6.07) is 14.1. The van der Waals surface area contributed by atoms with Gasteiger partial charge in [-0.05, 0) is 61.3 Å². The first-order chi connectivity index (χ1) is 12.0. The van der Waals surface area contributed by atoms with Crippen LogP contribution in [0.3, 0.4) is 0 Å². The summed E-state index contributed by atoms with van der Waals surface area (Å²) in [5.74, 6) is 0.651. The van der Waals surface area contributed by atoms with Crippen LogP contribution in [0.25, 0.3) is 0 Å². The van der Waals surface area contributed by atoms with E-state index in [1.165, 1.54) is 24.0 Å². The number of anilines is 1. The summed E-state index contributed by atoms with van der Waals surface area (Å²) in [5, 5.41) is 8.02. The molecule has 1 saturated carbocycles. The SMILES string of the molecule is COc1ccc(NC(=S)NC2(c3ccccc3C)CCCC2)cc1Cl. The molecule has 3 nitrogen and oxygen atoms in total. The summed E-state index contributed by atoms with van der Waals surface area (Å²) < 4.78 is 5.19. The summed E-state index contributed by atoms with van der Waals surface area (Å²) in [5.41, 5.74) is 3.39. The van der Waals surface area contributed by atoms with E-state index in [2.05, 4.69) is 41.8 Å². The van der Waals surface area contributed by atoms with Crippen LogP contribution in [-0.4, -0.2) is 12.2 Å². The average molecular weight is 375 g/mol. The molecule has 0 radical (unpaired) electrons. The molecule has 0 aromatic heterocycles. The molecule has 0 spiro atoms. The Morgan fingerprint density at radius 2 is 1.88 bits per heavy atom. The number of benzene rings is 2. The highest BCUT2D eigenvalue weighted by Gasteiger charge is 2.37. The second kappa shape index (κ2) is 7.63. The van der Waals surface area contributed by atoms with Gasteiger partial charge in [0.25, 0.3) is 0 Å². The van der Waals surface area contributed by atoms with Crippen LogP contribution in [0.15, 0.2) is 42.5 Å². The number of rotatable bonds is 4. The van der Waals surface area contributed by atoms with Crippen molar-refractivity contribution in [3.05, 3.63) is 58.6 Å². The lowest BCUT2D eigenvalue weighted by Crippen LogP contribution is -2.46. The van der Waals surface area contributed by atoms with Gasteiger partial charge in [-0.15, -0.1) is 0 Å². The number of thiocarbonyl (C=S) groups is 1. The van der Waals surface area contributed by atoms with Crippen molar-refractivity contribution in [1.82, 2.24) is 5.32 Å². The van der Waals surface area contributed by atoms with E-state index in [4.69, 9.17) is 28.6 Å². The third kappa shape index (κ3) is 3.91. The lowest BCUT2D eigenvalue weighted by molar-refractivity contribution is 0.406. The lowest BCUT2D eigenvalue weighted by atomic mass is 9.85. The Balaban J connectivity index is 1.78. The van der Waals surface area contributed by atoms with E-state index in [1.54, 1.807) is 7.11 Å². The zero-order valence-corrected chi connectivity index (χ0v) is 16.1. The van der Waals surface area contributed by atoms with Gasteiger partial charge < -0.3 is 15.4 Å². The van der Waals surface area contributed by atoms with Crippen molar-refractivity contribution in [3.8, 4) is 5.75 Å². The number of methoxy groups -OCH3 is 1. The molecule has 1 aliphatic carbocycles. The Morgan fingerprint density at radius 3 is 2.52 bits per heavy atom. The van der Waals surface area contributed by atoms with Gasteiger partial charge in [-0.2, -0.15) is 0 Å². The fourth-order valence-electron chi connectivity index (χ4n) is 3.67. The fourth-order valence-corrected chi connectivity index (χ4v) is 4.24. The van der Waals surface area contributed by atoms with E-state index in [0.29, 0.717) is 15.9 Å². The molecule has 25 heavy (non-hydrogen) atoms. The van der Waals surface area contributed by atoms with Crippen LogP contribution in [0.5, 0.6) is 5.75 Å². The van der Waals surface area contributed by atoms with Crippen LogP contribution in [0.2, 0.25) is 5.02 Å². The van der Waals surface area contributed by atoms with Crippen LogP contribution in [0.1, 0.15) is 36.8 Å². The summed E-state index contributed by atoms with van der Waals surface area (Å²) >= 11 is 11.8. The van der Waals surface area contributed by atoms with Crippen molar-refractivity contribution in [1.29, 1.82) is 0 Å². The minimum atomic E-state index is -0.0916. The minimum Gasteiger partial charge on any atom is -0.495 e. The molecular weight excluding hydrogens is 352 g/mol. The fraction of sp³-hybridized carbons (Fsp3) is 0.350. The Morgan fingerprint density at radius 1 is 1.16 bits per heavy atom. The molecule has 132 valence electrons. The largest absolute Gasteiger partial charge is 0.495 e. The Labute approximate surface area is 159 Å². The van der Waals surface area contributed by atoms with Crippen molar-refractivity contribution in [3.63, 3.8) is 0 Å². The molecule has 0 saturated heterocycles. The number of hydrogen-bond donors (Lipinski definition) is 2. The third-order valence-corrected chi connectivity index (χ3v) is 5.38. The lowest BCUT2D eigenvalue weighted by Gasteiger charge is -2.34. The van der Waals surface area contributed by atoms with Crippen LogP contribution in [0.4, 0.5) is 5.69 Å². The Bertz CT molecular complexity index is 772. The topological polar surface area (TPSA) is 33.3 Å². The Kier molecular flexibility index (Phi) is 5.50. The van der Waals surface area contributed by atoms with Gasteiger partial charge in [-0.25, -0.2) is 0 Å². The first-order valence-electron chi connectivity index (χ1n) is 8.53. The standard InChI is InChI=1S/C20H23ClN2OS/c1-14-7-3-4-8-16(14)20(11-5-6-12-20)23-19(25)22-15-9-10-18(24-2)17(21)13-15/h3-4,7-10,13H,5-6,11-12H2,1-2H3,(H2,22,23,25). The van der Waals surface area contributed by atoms with Gasteiger partial charge in [0.2, 0.25) is 0 Å². The molecule has 3 rings (SSSR count). The molecule has 0 bridgehead atoms. The van der Waals surface area contributed by atoms with Gasteiger partial charge in [-0.3, -0.25) is 0 Å². The zero-order valence-electron chi connectivity index (χ0n) is 14.6. The quantitative estimate of drug-likeness (QED) is 0.701. The first-order valence-corrected chi connectivity index (χ1v) is 9.31. The summed E-state index contributed by atoms with van der Waals surface area (Å²) in [4.78, 5) is 0. The molecule has 2 aromatic rings. The van der Waals surface area contributed by atoms with E-state index >= 15 is 0 Å². The van der Waals surface area contributed by atoms with Gasteiger partial charge in [0.15, 0.2) is 5.11 Å². The van der Waals surface area contributed by atoms with Crippen LogP contribution in [0, 0.1) is 6.92 Å². The average Bonchev–Trinajstić information content (AvgIpc) is 3.04. The van der Waals surface area contributed by atoms with Gasteiger partial charge in [0.05, 0.1) is 17.7 Å². The molecule has 1 fully saturated rings.